The van der Waals surface area contributed by atoms with E-state index in [4.69, 9.17) is 16.3 Å². The van der Waals surface area contributed by atoms with Gasteiger partial charge in [-0.15, -0.1) is 0 Å². The molecule has 15 heavy (non-hydrogen) atoms. The first-order chi connectivity index (χ1) is 7.31. The number of aromatic nitrogens is 2. The average Bonchev–Trinajstić information content (AvgIpc) is 2.62. The summed E-state index contributed by atoms with van der Waals surface area (Å²) in [5.41, 5.74) is 2.03. The van der Waals surface area contributed by atoms with Crippen LogP contribution in [0.15, 0.2) is 24.5 Å². The molecule has 0 fully saturated rings. The van der Waals surface area contributed by atoms with E-state index >= 15 is 0 Å². The standard InChI is InChI=1S/C11H13ClN2O/c1-2-15-6-5-14-8-13-10-4-3-9(12)7-11(10)14/h3-4,7-8H,2,5-6H2,1H3. The van der Waals surface area contributed by atoms with E-state index in [1.54, 1.807) is 0 Å². The normalized spacial score (nSPS) is 11.1. The highest BCUT2D eigenvalue weighted by molar-refractivity contribution is 6.31. The van der Waals surface area contributed by atoms with Gasteiger partial charge in [0.25, 0.3) is 0 Å². The van der Waals surface area contributed by atoms with E-state index < -0.39 is 0 Å². The topological polar surface area (TPSA) is 27.1 Å². The van der Waals surface area contributed by atoms with E-state index in [0.29, 0.717) is 6.61 Å². The van der Waals surface area contributed by atoms with Crippen LogP contribution in [0.3, 0.4) is 0 Å². The van der Waals surface area contributed by atoms with E-state index in [-0.39, 0.29) is 0 Å². The third-order valence-corrected chi connectivity index (χ3v) is 2.50. The molecular weight excluding hydrogens is 212 g/mol. The summed E-state index contributed by atoms with van der Waals surface area (Å²) in [7, 11) is 0. The van der Waals surface area contributed by atoms with Crippen LogP contribution in [0.2, 0.25) is 5.02 Å². The summed E-state index contributed by atoms with van der Waals surface area (Å²) in [4.78, 5) is 4.29. The maximum atomic E-state index is 5.94. The number of nitrogens with zero attached hydrogens (tertiary/aromatic N) is 2. The van der Waals surface area contributed by atoms with Gasteiger partial charge in [-0.3, -0.25) is 0 Å². The van der Waals surface area contributed by atoms with Gasteiger partial charge in [0.2, 0.25) is 0 Å². The molecule has 0 saturated carbocycles. The highest BCUT2D eigenvalue weighted by Crippen LogP contribution is 2.18. The monoisotopic (exact) mass is 224 g/mol. The Labute approximate surface area is 93.6 Å². The molecule has 0 radical (unpaired) electrons. The minimum Gasteiger partial charge on any atom is -0.380 e. The molecule has 2 aromatic rings. The van der Waals surface area contributed by atoms with E-state index in [9.17, 15) is 0 Å². The molecule has 2 rings (SSSR count). The van der Waals surface area contributed by atoms with E-state index in [0.717, 1.165) is 29.2 Å². The van der Waals surface area contributed by atoms with Crippen molar-refractivity contribution in [3.8, 4) is 0 Å². The fourth-order valence-electron chi connectivity index (χ4n) is 1.52. The number of imidazole rings is 1. The molecular formula is C11H13ClN2O. The highest BCUT2D eigenvalue weighted by atomic mass is 35.5. The van der Waals surface area contributed by atoms with Crippen molar-refractivity contribution >= 4 is 22.6 Å². The number of benzene rings is 1. The lowest BCUT2D eigenvalue weighted by Crippen LogP contribution is -2.04. The first kappa shape index (κ1) is 10.5. The van der Waals surface area contributed by atoms with Crippen LogP contribution in [0.5, 0.6) is 0 Å². The van der Waals surface area contributed by atoms with E-state index in [1.165, 1.54) is 0 Å². The molecule has 0 spiro atoms. The lowest BCUT2D eigenvalue weighted by atomic mass is 10.3. The van der Waals surface area contributed by atoms with Crippen molar-refractivity contribution < 1.29 is 4.74 Å². The zero-order chi connectivity index (χ0) is 10.7. The Hall–Kier alpha value is -1.06. The molecule has 1 aromatic carbocycles. The van der Waals surface area contributed by atoms with Crippen molar-refractivity contribution in [1.82, 2.24) is 9.55 Å². The minimum atomic E-state index is 0.703. The summed E-state index contributed by atoms with van der Waals surface area (Å²) in [5, 5.41) is 0.737. The maximum Gasteiger partial charge on any atom is 0.0959 e. The Morgan fingerprint density at radius 2 is 2.33 bits per heavy atom. The second-order valence-electron chi connectivity index (χ2n) is 3.27. The Bertz CT molecular complexity index is 453. The van der Waals surface area contributed by atoms with Crippen LogP contribution in [0, 0.1) is 0 Å². The maximum absolute atomic E-state index is 5.94. The van der Waals surface area contributed by atoms with Gasteiger partial charge in [-0.1, -0.05) is 11.6 Å². The first-order valence-corrected chi connectivity index (χ1v) is 5.37. The summed E-state index contributed by atoms with van der Waals surface area (Å²) < 4.78 is 7.36. The Kier molecular flexibility index (Phi) is 3.23. The summed E-state index contributed by atoms with van der Waals surface area (Å²) in [5.74, 6) is 0. The van der Waals surface area contributed by atoms with Crippen molar-refractivity contribution in [2.24, 2.45) is 0 Å². The van der Waals surface area contributed by atoms with E-state index in [2.05, 4.69) is 9.55 Å². The zero-order valence-electron chi connectivity index (χ0n) is 8.61. The van der Waals surface area contributed by atoms with Crippen LogP contribution in [0.1, 0.15) is 6.92 Å². The lowest BCUT2D eigenvalue weighted by molar-refractivity contribution is 0.140. The van der Waals surface area contributed by atoms with Crippen molar-refractivity contribution in [3.05, 3.63) is 29.5 Å². The number of hydrogen-bond acceptors (Lipinski definition) is 2. The van der Waals surface area contributed by atoms with Gasteiger partial charge in [-0.25, -0.2) is 4.98 Å². The summed E-state index contributed by atoms with van der Waals surface area (Å²) in [6, 6.07) is 5.70. The second-order valence-corrected chi connectivity index (χ2v) is 3.70. The van der Waals surface area contributed by atoms with Gasteiger partial charge in [-0.2, -0.15) is 0 Å². The molecule has 0 bridgehead atoms. The number of fused-ring (bicyclic) bond motifs is 1. The largest absolute Gasteiger partial charge is 0.380 e. The van der Waals surface area contributed by atoms with Crippen molar-refractivity contribution in [1.29, 1.82) is 0 Å². The summed E-state index contributed by atoms with van der Waals surface area (Å²) in [6.45, 7) is 4.25. The zero-order valence-corrected chi connectivity index (χ0v) is 9.37. The van der Waals surface area contributed by atoms with Crippen LogP contribution >= 0.6 is 11.6 Å². The smallest absolute Gasteiger partial charge is 0.0959 e. The quantitative estimate of drug-likeness (QED) is 0.747. The molecule has 1 aromatic heterocycles. The second kappa shape index (κ2) is 4.64. The first-order valence-electron chi connectivity index (χ1n) is 4.99. The fourth-order valence-corrected chi connectivity index (χ4v) is 1.68. The molecule has 4 heteroatoms. The van der Waals surface area contributed by atoms with Crippen LogP contribution in [0.25, 0.3) is 11.0 Å². The molecule has 0 atom stereocenters. The van der Waals surface area contributed by atoms with Gasteiger partial charge in [0.05, 0.1) is 24.0 Å². The van der Waals surface area contributed by atoms with Crippen molar-refractivity contribution in [3.63, 3.8) is 0 Å². The number of rotatable bonds is 4. The SMILES string of the molecule is CCOCCn1cnc2ccc(Cl)cc21. The highest BCUT2D eigenvalue weighted by Gasteiger charge is 2.02. The van der Waals surface area contributed by atoms with Crippen LogP contribution in [-0.2, 0) is 11.3 Å². The van der Waals surface area contributed by atoms with Gasteiger partial charge in [0.1, 0.15) is 0 Å². The fraction of sp³-hybridized carbons (Fsp3) is 0.364. The average molecular weight is 225 g/mol. The van der Waals surface area contributed by atoms with Gasteiger partial charge >= 0.3 is 0 Å². The predicted molar refractivity (Wildman–Crippen MR) is 61.2 cm³/mol. The van der Waals surface area contributed by atoms with Gasteiger partial charge < -0.3 is 9.30 Å². The number of halogens is 1. The van der Waals surface area contributed by atoms with E-state index in [1.807, 2.05) is 31.5 Å². The molecule has 0 aliphatic carbocycles. The van der Waals surface area contributed by atoms with Crippen molar-refractivity contribution in [2.75, 3.05) is 13.2 Å². The molecule has 0 aliphatic rings. The molecule has 1 heterocycles. The summed E-state index contributed by atoms with van der Waals surface area (Å²) >= 11 is 5.94. The van der Waals surface area contributed by atoms with Crippen LogP contribution < -0.4 is 0 Å². The minimum absolute atomic E-state index is 0.703. The molecule has 80 valence electrons. The summed E-state index contributed by atoms with van der Waals surface area (Å²) in [6.07, 6.45) is 1.82. The van der Waals surface area contributed by atoms with Gasteiger partial charge in [0.15, 0.2) is 0 Å². The third-order valence-electron chi connectivity index (χ3n) is 2.26. The van der Waals surface area contributed by atoms with Crippen molar-refractivity contribution in [2.45, 2.75) is 13.5 Å². The van der Waals surface area contributed by atoms with Crippen LogP contribution in [0.4, 0.5) is 0 Å². The van der Waals surface area contributed by atoms with Crippen LogP contribution in [-0.4, -0.2) is 22.8 Å². The molecule has 0 amide bonds. The Morgan fingerprint density at radius 1 is 1.47 bits per heavy atom. The predicted octanol–water partition coefficient (Wildman–Crippen LogP) is 2.73. The molecule has 0 aliphatic heterocycles. The van der Waals surface area contributed by atoms with Gasteiger partial charge in [0, 0.05) is 18.2 Å². The van der Waals surface area contributed by atoms with Gasteiger partial charge in [-0.05, 0) is 25.1 Å². The Balaban J connectivity index is 2.23. The number of ether oxygens (including phenoxy) is 1. The lowest BCUT2D eigenvalue weighted by Gasteiger charge is -2.04. The Morgan fingerprint density at radius 3 is 3.13 bits per heavy atom. The third kappa shape index (κ3) is 2.30. The molecule has 3 nitrogen and oxygen atoms in total. The molecule has 0 saturated heterocycles. The number of hydrogen-bond donors (Lipinski definition) is 0. The molecule has 0 N–H and O–H groups in total. The molecule has 0 unspecified atom stereocenters.